The molecule has 0 aromatic heterocycles. The number of carbonyl (C=O) groups excluding carboxylic acids is 1. The fourth-order valence-corrected chi connectivity index (χ4v) is 3.52. The maximum absolute atomic E-state index is 11.2. The molecule has 0 spiro atoms. The number of halogens is 1. The molecule has 0 aliphatic carbocycles. The normalized spacial score (nSPS) is 17.2. The molecule has 1 aromatic rings. The van der Waals surface area contributed by atoms with Crippen LogP contribution in [0.4, 0.5) is 0 Å². The molecule has 1 fully saturated rings. The number of methoxy groups -OCH3 is 1. The molecular weight excluding hydrogens is 455 g/mol. The highest BCUT2D eigenvalue weighted by atomic mass is 127. The lowest BCUT2D eigenvalue weighted by Gasteiger charge is -2.34. The minimum Gasteiger partial charge on any atom is -0.496 e. The van der Waals surface area contributed by atoms with E-state index in [-0.39, 0.29) is 29.9 Å². The molecule has 1 aromatic carbocycles. The first-order chi connectivity index (χ1) is 12.5. The number of nitrogens with two attached hydrogens (primary N) is 1. The molecule has 1 unspecified atom stereocenters. The molecule has 1 amide bonds. The van der Waals surface area contributed by atoms with Crippen molar-refractivity contribution in [1.29, 1.82) is 0 Å². The summed E-state index contributed by atoms with van der Waals surface area (Å²) in [5, 5.41) is 3.38. The summed E-state index contributed by atoms with van der Waals surface area (Å²) < 4.78 is 5.45. The van der Waals surface area contributed by atoms with E-state index in [1.807, 2.05) is 6.07 Å². The number of piperidine rings is 1. The Morgan fingerprint density at radius 2 is 2.22 bits per heavy atom. The van der Waals surface area contributed by atoms with Crippen LogP contribution in [-0.4, -0.2) is 50.1 Å². The van der Waals surface area contributed by atoms with Crippen LogP contribution in [0.15, 0.2) is 23.2 Å². The Hall–Kier alpha value is -1.51. The van der Waals surface area contributed by atoms with Gasteiger partial charge in [-0.2, -0.15) is 0 Å². The number of rotatable bonds is 7. The topological polar surface area (TPSA) is 80.0 Å². The standard InChI is InChI=1S/C20H32N4O2.HI/c1-4-22-20(24-11-5-6-16(14-24)13-19(21)25)23-10-9-17-12-15(2)7-8-18(17)26-3;/h7-8,12,16H,4-6,9-11,13-14H2,1-3H3,(H2,21,25)(H,22,23);1H. The van der Waals surface area contributed by atoms with Crippen molar-refractivity contribution >= 4 is 35.8 Å². The molecule has 6 nitrogen and oxygen atoms in total. The third kappa shape index (κ3) is 7.56. The zero-order valence-corrected chi connectivity index (χ0v) is 19.0. The molecular formula is C20H33IN4O2. The van der Waals surface area contributed by atoms with Gasteiger partial charge >= 0.3 is 0 Å². The number of amides is 1. The molecule has 152 valence electrons. The maximum Gasteiger partial charge on any atom is 0.217 e. The molecule has 1 saturated heterocycles. The van der Waals surface area contributed by atoms with Gasteiger partial charge in [-0.25, -0.2) is 0 Å². The predicted octanol–water partition coefficient (Wildman–Crippen LogP) is 2.72. The summed E-state index contributed by atoms with van der Waals surface area (Å²) in [6.07, 6.45) is 3.40. The number of benzene rings is 1. The van der Waals surface area contributed by atoms with Crippen molar-refractivity contribution in [1.82, 2.24) is 10.2 Å². The Kier molecular flexibility index (Phi) is 10.5. The van der Waals surface area contributed by atoms with Gasteiger partial charge in [0.05, 0.1) is 7.11 Å². The number of primary amides is 1. The van der Waals surface area contributed by atoms with Gasteiger partial charge in [-0.15, -0.1) is 24.0 Å². The van der Waals surface area contributed by atoms with Crippen LogP contribution in [0.5, 0.6) is 5.75 Å². The van der Waals surface area contributed by atoms with Crippen molar-refractivity contribution in [3.05, 3.63) is 29.3 Å². The van der Waals surface area contributed by atoms with Crippen LogP contribution in [0.3, 0.4) is 0 Å². The number of aryl methyl sites for hydroxylation is 1. The highest BCUT2D eigenvalue weighted by molar-refractivity contribution is 14.0. The smallest absolute Gasteiger partial charge is 0.217 e. The second-order valence-electron chi connectivity index (χ2n) is 6.93. The highest BCUT2D eigenvalue weighted by Gasteiger charge is 2.23. The summed E-state index contributed by atoms with van der Waals surface area (Å²) >= 11 is 0. The van der Waals surface area contributed by atoms with E-state index >= 15 is 0 Å². The van der Waals surface area contributed by atoms with Crippen molar-refractivity contribution in [3.63, 3.8) is 0 Å². The van der Waals surface area contributed by atoms with Crippen molar-refractivity contribution in [2.24, 2.45) is 16.6 Å². The first-order valence-electron chi connectivity index (χ1n) is 9.48. The van der Waals surface area contributed by atoms with Crippen molar-refractivity contribution in [2.45, 2.75) is 39.5 Å². The van der Waals surface area contributed by atoms with Gasteiger partial charge in [-0.05, 0) is 50.7 Å². The molecule has 0 radical (unpaired) electrons. The number of aliphatic imine (C=N–C) groups is 1. The molecule has 0 saturated carbocycles. The molecule has 1 aliphatic rings. The first kappa shape index (κ1) is 23.5. The number of likely N-dealkylation sites (tertiary alicyclic amines) is 1. The number of hydrogen-bond donors (Lipinski definition) is 2. The van der Waals surface area contributed by atoms with Crippen molar-refractivity contribution in [3.8, 4) is 5.75 Å². The largest absolute Gasteiger partial charge is 0.496 e. The lowest BCUT2D eigenvalue weighted by Crippen LogP contribution is -2.47. The zero-order chi connectivity index (χ0) is 18.9. The summed E-state index contributed by atoms with van der Waals surface area (Å²) in [4.78, 5) is 18.3. The van der Waals surface area contributed by atoms with Crippen LogP contribution in [0.25, 0.3) is 0 Å². The summed E-state index contributed by atoms with van der Waals surface area (Å²) in [6.45, 7) is 7.48. The fraction of sp³-hybridized carbons (Fsp3) is 0.600. The molecule has 3 N–H and O–H groups in total. The minimum atomic E-state index is -0.217. The van der Waals surface area contributed by atoms with Crippen LogP contribution in [-0.2, 0) is 11.2 Å². The van der Waals surface area contributed by atoms with E-state index in [0.29, 0.717) is 18.9 Å². The van der Waals surface area contributed by atoms with Crippen LogP contribution < -0.4 is 15.8 Å². The lowest BCUT2D eigenvalue weighted by molar-refractivity contribution is -0.119. The van der Waals surface area contributed by atoms with E-state index in [2.05, 4.69) is 36.2 Å². The molecule has 2 rings (SSSR count). The number of ether oxygens (including phenoxy) is 1. The third-order valence-electron chi connectivity index (χ3n) is 4.72. The summed E-state index contributed by atoms with van der Waals surface area (Å²) in [6, 6.07) is 6.23. The zero-order valence-electron chi connectivity index (χ0n) is 16.7. The number of guanidine groups is 1. The lowest BCUT2D eigenvalue weighted by atomic mass is 9.95. The number of carbonyl (C=O) groups is 1. The number of hydrogen-bond acceptors (Lipinski definition) is 3. The van der Waals surface area contributed by atoms with Crippen LogP contribution in [0.1, 0.15) is 37.3 Å². The van der Waals surface area contributed by atoms with Gasteiger partial charge in [-0.1, -0.05) is 17.7 Å². The van der Waals surface area contributed by atoms with Gasteiger partial charge in [0.25, 0.3) is 0 Å². The van der Waals surface area contributed by atoms with Gasteiger partial charge in [0.15, 0.2) is 5.96 Å². The summed E-state index contributed by atoms with van der Waals surface area (Å²) in [5.41, 5.74) is 7.77. The van der Waals surface area contributed by atoms with Crippen molar-refractivity contribution in [2.75, 3.05) is 33.3 Å². The molecule has 0 bridgehead atoms. The van der Waals surface area contributed by atoms with E-state index in [1.54, 1.807) is 7.11 Å². The van der Waals surface area contributed by atoms with Crippen LogP contribution in [0.2, 0.25) is 0 Å². The molecule has 1 heterocycles. The van der Waals surface area contributed by atoms with E-state index in [1.165, 1.54) is 11.1 Å². The van der Waals surface area contributed by atoms with Gasteiger partial charge in [0, 0.05) is 32.6 Å². The number of nitrogens with zero attached hydrogens (tertiary/aromatic N) is 2. The van der Waals surface area contributed by atoms with Crippen molar-refractivity contribution < 1.29 is 9.53 Å². The number of nitrogens with one attached hydrogen (secondary N) is 1. The monoisotopic (exact) mass is 488 g/mol. The van der Waals surface area contributed by atoms with Gasteiger partial charge < -0.3 is 20.7 Å². The second-order valence-corrected chi connectivity index (χ2v) is 6.93. The van der Waals surface area contributed by atoms with E-state index in [0.717, 1.165) is 50.6 Å². The van der Waals surface area contributed by atoms with E-state index < -0.39 is 0 Å². The maximum atomic E-state index is 11.2. The predicted molar refractivity (Wildman–Crippen MR) is 121 cm³/mol. The molecule has 27 heavy (non-hydrogen) atoms. The Balaban J connectivity index is 0.00000364. The second kappa shape index (κ2) is 12.0. The Labute approximate surface area is 179 Å². The summed E-state index contributed by atoms with van der Waals surface area (Å²) in [5.74, 6) is 1.94. The quantitative estimate of drug-likeness (QED) is 0.352. The Bertz CT molecular complexity index is 636. The Morgan fingerprint density at radius 1 is 1.44 bits per heavy atom. The molecule has 1 atom stereocenters. The molecule has 7 heteroatoms. The van der Waals surface area contributed by atoms with Crippen LogP contribution >= 0.6 is 24.0 Å². The average molecular weight is 488 g/mol. The van der Waals surface area contributed by atoms with E-state index in [9.17, 15) is 4.79 Å². The highest BCUT2D eigenvalue weighted by Crippen LogP contribution is 2.21. The molecule has 1 aliphatic heterocycles. The van der Waals surface area contributed by atoms with E-state index in [4.69, 9.17) is 15.5 Å². The third-order valence-corrected chi connectivity index (χ3v) is 4.72. The van der Waals surface area contributed by atoms with Gasteiger partial charge in [-0.3, -0.25) is 9.79 Å². The van der Waals surface area contributed by atoms with Gasteiger partial charge in [0.1, 0.15) is 5.75 Å². The fourth-order valence-electron chi connectivity index (χ4n) is 3.52. The Morgan fingerprint density at radius 3 is 2.89 bits per heavy atom. The first-order valence-corrected chi connectivity index (χ1v) is 9.48. The van der Waals surface area contributed by atoms with Crippen LogP contribution in [0, 0.1) is 12.8 Å². The minimum absolute atomic E-state index is 0. The summed E-state index contributed by atoms with van der Waals surface area (Å²) in [7, 11) is 1.70. The SMILES string of the molecule is CCNC(=NCCc1cc(C)ccc1OC)N1CCCC(CC(N)=O)C1.I. The average Bonchev–Trinajstić information content (AvgIpc) is 2.61. The van der Waals surface area contributed by atoms with Gasteiger partial charge in [0.2, 0.25) is 5.91 Å².